The summed E-state index contributed by atoms with van der Waals surface area (Å²) in [6.07, 6.45) is 2.50. The Kier molecular flexibility index (Phi) is 7.83. The predicted molar refractivity (Wildman–Crippen MR) is 131 cm³/mol. The monoisotopic (exact) mass is 465 g/mol. The van der Waals surface area contributed by atoms with E-state index in [1.54, 1.807) is 32.3 Å². The minimum atomic E-state index is -0.793. The molecule has 2 amide bonds. The summed E-state index contributed by atoms with van der Waals surface area (Å²) < 4.78 is 0. The number of aliphatic hydroxyl groups excluding tert-OH is 1. The Hall–Kier alpha value is -3.52. The number of carbonyl (C=O) groups excluding carboxylic acids is 2. The third-order valence-corrected chi connectivity index (χ3v) is 6.17. The number of piperidine rings is 1. The number of nitro groups is 1. The molecule has 2 aromatic rings. The summed E-state index contributed by atoms with van der Waals surface area (Å²) in [6, 6.07) is 12.4. The van der Waals surface area contributed by atoms with Gasteiger partial charge in [0.25, 0.3) is 5.69 Å². The van der Waals surface area contributed by atoms with Crippen molar-refractivity contribution in [2.75, 3.05) is 27.2 Å². The van der Waals surface area contributed by atoms with Gasteiger partial charge < -0.3 is 14.9 Å². The van der Waals surface area contributed by atoms with Gasteiger partial charge in [0.15, 0.2) is 0 Å². The molecular formula is C26H31N3O5. The Bertz CT molecular complexity index is 1110. The number of amides is 2. The fraction of sp³-hybridized carbons (Fsp3) is 0.385. The molecule has 1 heterocycles. The first-order chi connectivity index (χ1) is 16.1. The number of hydrogen-bond acceptors (Lipinski definition) is 5. The van der Waals surface area contributed by atoms with E-state index in [4.69, 9.17) is 0 Å². The lowest BCUT2D eigenvalue weighted by Crippen LogP contribution is -2.51. The average Bonchev–Trinajstić information content (AvgIpc) is 2.81. The number of carbonyl (C=O) groups is 2. The molecule has 1 aliphatic rings. The molecule has 1 aliphatic heterocycles. The fourth-order valence-electron chi connectivity index (χ4n) is 4.35. The molecule has 180 valence electrons. The van der Waals surface area contributed by atoms with Crippen LogP contribution in [0, 0.1) is 16.0 Å². The Balaban J connectivity index is 1.95. The maximum absolute atomic E-state index is 13.0. The lowest BCUT2D eigenvalue weighted by molar-refractivity contribution is -0.384. The quantitative estimate of drug-likeness (QED) is 0.398. The molecule has 1 N–H and O–H groups in total. The van der Waals surface area contributed by atoms with E-state index >= 15 is 0 Å². The van der Waals surface area contributed by atoms with Crippen molar-refractivity contribution in [3.8, 4) is 11.1 Å². The molecule has 0 spiro atoms. The highest BCUT2D eigenvalue weighted by Gasteiger charge is 2.35. The molecule has 1 fully saturated rings. The van der Waals surface area contributed by atoms with E-state index in [-0.39, 0.29) is 30.0 Å². The molecule has 0 saturated carbocycles. The van der Waals surface area contributed by atoms with Crippen LogP contribution in [0.2, 0.25) is 0 Å². The van der Waals surface area contributed by atoms with E-state index in [0.29, 0.717) is 24.1 Å². The first-order valence-electron chi connectivity index (χ1n) is 11.3. The molecule has 0 aromatic heterocycles. The summed E-state index contributed by atoms with van der Waals surface area (Å²) in [7, 11) is 3.24. The van der Waals surface area contributed by atoms with Gasteiger partial charge in [-0.15, -0.1) is 0 Å². The maximum atomic E-state index is 13.0. The van der Waals surface area contributed by atoms with Gasteiger partial charge in [-0.2, -0.15) is 0 Å². The number of rotatable bonds is 6. The van der Waals surface area contributed by atoms with Crippen LogP contribution in [0.5, 0.6) is 0 Å². The zero-order valence-corrected chi connectivity index (χ0v) is 20.0. The Morgan fingerprint density at radius 1 is 1.18 bits per heavy atom. The number of likely N-dealkylation sites (tertiary alicyclic amines) is 1. The smallest absolute Gasteiger partial charge is 0.277 e. The van der Waals surface area contributed by atoms with E-state index < -0.39 is 16.9 Å². The van der Waals surface area contributed by atoms with Crippen LogP contribution < -0.4 is 0 Å². The molecule has 0 bridgehead atoms. The number of hydrogen-bond donors (Lipinski definition) is 1. The van der Waals surface area contributed by atoms with E-state index in [0.717, 1.165) is 11.1 Å². The molecule has 0 aliphatic carbocycles. The van der Waals surface area contributed by atoms with Crippen molar-refractivity contribution in [3.63, 3.8) is 0 Å². The van der Waals surface area contributed by atoms with Gasteiger partial charge in [0, 0.05) is 39.3 Å². The Labute approximate surface area is 199 Å². The van der Waals surface area contributed by atoms with Gasteiger partial charge in [-0.3, -0.25) is 19.7 Å². The topological polar surface area (TPSA) is 104 Å². The molecule has 8 nitrogen and oxygen atoms in total. The van der Waals surface area contributed by atoms with Crippen molar-refractivity contribution >= 4 is 23.6 Å². The second kappa shape index (κ2) is 10.6. The SMILES string of the molecule is CC(C)c1ccccc1-c1c(/C=C/C(=O)N2CCC(O)C(C(=O)N(C)C)C2)cccc1[N+](=O)[O-]. The lowest BCUT2D eigenvalue weighted by atomic mass is 9.89. The van der Waals surface area contributed by atoms with Gasteiger partial charge in [-0.1, -0.05) is 50.2 Å². The lowest BCUT2D eigenvalue weighted by Gasteiger charge is -2.36. The van der Waals surface area contributed by atoms with Crippen LogP contribution in [0.3, 0.4) is 0 Å². The van der Waals surface area contributed by atoms with Crippen LogP contribution in [-0.2, 0) is 9.59 Å². The van der Waals surface area contributed by atoms with Gasteiger partial charge >= 0.3 is 0 Å². The first-order valence-corrected chi connectivity index (χ1v) is 11.3. The fourth-order valence-corrected chi connectivity index (χ4v) is 4.35. The largest absolute Gasteiger partial charge is 0.392 e. The Morgan fingerprint density at radius 2 is 1.88 bits per heavy atom. The van der Waals surface area contributed by atoms with Crippen molar-refractivity contribution in [2.45, 2.75) is 32.3 Å². The summed E-state index contributed by atoms with van der Waals surface area (Å²) in [6.45, 7) is 4.52. The highest BCUT2D eigenvalue weighted by atomic mass is 16.6. The number of nitrogens with zero attached hydrogens (tertiary/aromatic N) is 3. The molecule has 34 heavy (non-hydrogen) atoms. The molecule has 2 atom stereocenters. The normalized spacial score (nSPS) is 18.4. The molecule has 2 unspecified atom stereocenters. The average molecular weight is 466 g/mol. The number of nitro benzene ring substituents is 1. The van der Waals surface area contributed by atoms with Crippen LogP contribution >= 0.6 is 0 Å². The zero-order valence-electron chi connectivity index (χ0n) is 20.0. The summed E-state index contributed by atoms with van der Waals surface area (Å²) in [5, 5.41) is 22.1. The molecule has 1 saturated heterocycles. The minimum Gasteiger partial charge on any atom is -0.392 e. The van der Waals surface area contributed by atoms with Crippen molar-refractivity contribution in [1.82, 2.24) is 9.80 Å². The van der Waals surface area contributed by atoms with Crippen LogP contribution in [0.1, 0.15) is 37.3 Å². The van der Waals surface area contributed by atoms with Crippen molar-refractivity contribution < 1.29 is 19.6 Å². The number of benzene rings is 2. The second-order valence-corrected chi connectivity index (χ2v) is 9.05. The molecule has 3 rings (SSSR count). The van der Waals surface area contributed by atoms with Crippen LogP contribution in [-0.4, -0.2) is 64.9 Å². The third kappa shape index (κ3) is 5.34. The molecular weight excluding hydrogens is 434 g/mol. The zero-order chi connectivity index (χ0) is 25.0. The van der Waals surface area contributed by atoms with Crippen molar-refractivity contribution in [1.29, 1.82) is 0 Å². The first kappa shape index (κ1) is 25.1. The maximum Gasteiger partial charge on any atom is 0.277 e. The van der Waals surface area contributed by atoms with Crippen LogP contribution in [0.4, 0.5) is 5.69 Å². The highest BCUT2D eigenvalue weighted by Crippen LogP contribution is 2.38. The van der Waals surface area contributed by atoms with Gasteiger partial charge in [-0.05, 0) is 35.1 Å². The second-order valence-electron chi connectivity index (χ2n) is 9.05. The Morgan fingerprint density at radius 3 is 2.53 bits per heavy atom. The van der Waals surface area contributed by atoms with Gasteiger partial charge in [-0.25, -0.2) is 0 Å². The summed E-state index contributed by atoms with van der Waals surface area (Å²) in [4.78, 5) is 39.7. The van der Waals surface area contributed by atoms with E-state index in [1.807, 2.05) is 38.1 Å². The summed E-state index contributed by atoms with van der Waals surface area (Å²) in [5.74, 6) is -1.05. The highest BCUT2D eigenvalue weighted by molar-refractivity contribution is 5.95. The third-order valence-electron chi connectivity index (χ3n) is 6.17. The standard InChI is InChI=1S/C26H31N3O5/c1-17(2)19-9-5-6-10-20(19)25-18(8-7-11-22(25)29(33)34)12-13-24(31)28-15-14-23(30)21(16-28)26(32)27(3)4/h5-13,17,21,23,30H,14-16H2,1-4H3/b13-12+. The van der Waals surface area contributed by atoms with Crippen LogP contribution in [0.15, 0.2) is 48.5 Å². The molecule has 8 heteroatoms. The predicted octanol–water partition coefficient (Wildman–Crippen LogP) is 3.70. The summed E-state index contributed by atoms with van der Waals surface area (Å²) >= 11 is 0. The van der Waals surface area contributed by atoms with Crippen molar-refractivity contribution in [3.05, 3.63) is 69.8 Å². The molecule has 2 aromatic carbocycles. The van der Waals surface area contributed by atoms with E-state index in [1.165, 1.54) is 21.9 Å². The van der Waals surface area contributed by atoms with Gasteiger partial charge in [0.1, 0.15) is 0 Å². The molecule has 0 radical (unpaired) electrons. The van der Waals surface area contributed by atoms with Crippen molar-refractivity contribution in [2.24, 2.45) is 5.92 Å². The number of aliphatic hydroxyl groups is 1. The van der Waals surface area contributed by atoms with E-state index in [9.17, 15) is 24.8 Å². The van der Waals surface area contributed by atoms with Gasteiger partial charge in [0.05, 0.1) is 22.5 Å². The summed E-state index contributed by atoms with van der Waals surface area (Å²) in [5.41, 5.74) is 2.74. The van der Waals surface area contributed by atoms with Gasteiger partial charge in [0.2, 0.25) is 11.8 Å². The minimum absolute atomic E-state index is 0.0274. The van der Waals surface area contributed by atoms with E-state index in [2.05, 4.69) is 0 Å². The van der Waals surface area contributed by atoms with Crippen LogP contribution in [0.25, 0.3) is 17.2 Å².